The first-order chi connectivity index (χ1) is 31.2. The van der Waals surface area contributed by atoms with Gasteiger partial charge in [0.05, 0.1) is 35.8 Å². The molecule has 5 amide bonds. The van der Waals surface area contributed by atoms with Crippen molar-refractivity contribution < 1.29 is 38.2 Å². The van der Waals surface area contributed by atoms with Gasteiger partial charge in [-0.3, -0.25) is 44.0 Å². The standard InChI is InChI=1S/C46H50N10O8/c47-42-40-41(29-9-15-33(16-10-29)64-32-5-2-1-3-6-32)52-56(43(40)50-28-49-42)31-13-11-30(12-14-31)54-22-20-53(21-23-54)24-26-62-25-19-48-38(58)27-63-36-8-4-7-34-39(36)46(61)55(45(34)60)35-17-18-37(57)51-44(35)59/h1-10,15-16,28,30-31,35H,11-14,17-27H2,(H,48,58)(H2,47,49,50)(H,51,57,59)/t30-,31-,35?. The number of imide groups is 2. The van der Waals surface area contributed by atoms with Crippen LogP contribution in [0.15, 0.2) is 79.1 Å². The van der Waals surface area contributed by atoms with Crippen LogP contribution in [-0.4, -0.2) is 135 Å². The molecule has 0 radical (unpaired) electrons. The van der Waals surface area contributed by atoms with Gasteiger partial charge < -0.3 is 25.3 Å². The highest BCUT2D eigenvalue weighted by molar-refractivity contribution is 6.24. The number of carbonyl (C=O) groups is 5. The predicted octanol–water partition coefficient (Wildman–Crippen LogP) is 3.58. The minimum atomic E-state index is -1.09. The molecular formula is C46H50N10O8. The van der Waals surface area contributed by atoms with Crippen molar-refractivity contribution in [3.63, 3.8) is 0 Å². The molecule has 4 aliphatic rings. The highest BCUT2D eigenvalue weighted by atomic mass is 16.5. The number of fused-ring (bicyclic) bond motifs is 2. The number of nitrogens with zero attached hydrogens (tertiary/aromatic N) is 7. The van der Waals surface area contributed by atoms with Crippen molar-refractivity contribution >= 4 is 46.4 Å². The van der Waals surface area contributed by atoms with Gasteiger partial charge in [0.25, 0.3) is 17.7 Å². The molecule has 5 heterocycles. The molecule has 3 aromatic carbocycles. The predicted molar refractivity (Wildman–Crippen MR) is 233 cm³/mol. The summed E-state index contributed by atoms with van der Waals surface area (Å²) in [4.78, 5) is 77.7. The van der Waals surface area contributed by atoms with E-state index < -0.39 is 35.6 Å². The summed E-state index contributed by atoms with van der Waals surface area (Å²) in [5.41, 5.74) is 8.96. The van der Waals surface area contributed by atoms with E-state index in [9.17, 15) is 24.0 Å². The van der Waals surface area contributed by atoms with Crippen LogP contribution in [0.1, 0.15) is 65.3 Å². The molecule has 9 rings (SSSR count). The molecular weight excluding hydrogens is 821 g/mol. The highest BCUT2D eigenvalue weighted by Crippen LogP contribution is 2.38. The number of benzene rings is 3. The lowest BCUT2D eigenvalue weighted by molar-refractivity contribution is -0.136. The van der Waals surface area contributed by atoms with E-state index in [0.717, 1.165) is 97.1 Å². The molecule has 18 heteroatoms. The Hall–Kier alpha value is -6.76. The van der Waals surface area contributed by atoms with E-state index in [1.807, 2.05) is 54.6 Å². The van der Waals surface area contributed by atoms with E-state index in [1.54, 1.807) is 6.07 Å². The number of carbonyl (C=O) groups excluding carboxylic acids is 5. The van der Waals surface area contributed by atoms with Crippen LogP contribution >= 0.6 is 0 Å². The van der Waals surface area contributed by atoms with Gasteiger partial charge in [0.15, 0.2) is 12.3 Å². The molecule has 18 nitrogen and oxygen atoms in total. The number of nitrogens with one attached hydrogen (secondary N) is 2. The number of aromatic nitrogens is 4. The van der Waals surface area contributed by atoms with Crippen LogP contribution in [0.4, 0.5) is 5.82 Å². The zero-order valence-corrected chi connectivity index (χ0v) is 35.3. The molecule has 4 N–H and O–H groups in total. The molecule has 5 aromatic rings. The second kappa shape index (κ2) is 18.9. The number of hydrogen-bond acceptors (Lipinski definition) is 14. The van der Waals surface area contributed by atoms with Crippen molar-refractivity contribution in [3.8, 4) is 28.5 Å². The first-order valence-corrected chi connectivity index (χ1v) is 21.8. The van der Waals surface area contributed by atoms with Crippen molar-refractivity contribution in [1.82, 2.24) is 45.1 Å². The van der Waals surface area contributed by atoms with E-state index >= 15 is 0 Å². The summed E-state index contributed by atoms with van der Waals surface area (Å²) in [6.45, 7) is 5.45. The molecule has 3 fully saturated rings. The van der Waals surface area contributed by atoms with Gasteiger partial charge >= 0.3 is 0 Å². The minimum absolute atomic E-state index is 0.00781. The second-order valence-corrected chi connectivity index (χ2v) is 16.4. The lowest BCUT2D eigenvalue weighted by Gasteiger charge is -2.42. The van der Waals surface area contributed by atoms with Crippen molar-refractivity contribution in [2.45, 2.75) is 56.7 Å². The summed E-state index contributed by atoms with van der Waals surface area (Å²) in [5, 5.41) is 10.8. The van der Waals surface area contributed by atoms with E-state index in [-0.39, 0.29) is 48.9 Å². The maximum absolute atomic E-state index is 13.3. The van der Waals surface area contributed by atoms with Crippen LogP contribution < -0.4 is 25.8 Å². The Balaban J connectivity index is 0.680. The van der Waals surface area contributed by atoms with Crippen LogP contribution in [0.3, 0.4) is 0 Å². The fourth-order valence-corrected chi connectivity index (χ4v) is 9.13. The maximum atomic E-state index is 13.3. The average molecular weight is 871 g/mol. The molecule has 2 saturated heterocycles. The van der Waals surface area contributed by atoms with Gasteiger partial charge in [0.2, 0.25) is 11.8 Å². The first-order valence-electron chi connectivity index (χ1n) is 21.8. The van der Waals surface area contributed by atoms with Gasteiger partial charge in [-0.1, -0.05) is 24.3 Å². The number of para-hydroxylation sites is 1. The van der Waals surface area contributed by atoms with E-state index in [2.05, 4.69) is 35.1 Å². The number of piperazine rings is 1. The zero-order valence-electron chi connectivity index (χ0n) is 35.3. The van der Waals surface area contributed by atoms with Crippen LogP contribution in [-0.2, 0) is 19.1 Å². The lowest BCUT2D eigenvalue weighted by Crippen LogP contribution is -2.54. The summed E-state index contributed by atoms with van der Waals surface area (Å²) in [6.07, 6.45) is 5.70. The average Bonchev–Trinajstić information content (AvgIpc) is 3.83. The van der Waals surface area contributed by atoms with Crippen LogP contribution in [0.2, 0.25) is 0 Å². The Morgan fingerprint density at radius 2 is 1.56 bits per heavy atom. The highest BCUT2D eigenvalue weighted by Gasteiger charge is 2.46. The molecule has 0 spiro atoms. The SMILES string of the molecule is Nc1ncnc2c1c(-c1ccc(Oc3ccccc3)cc1)nn2[C@H]1CC[C@H](N2CCN(CCOCCNC(=O)COc3cccc4c3C(=O)N(C3CCC(=O)NC3=O)C4=O)CC2)CC1. The van der Waals surface area contributed by atoms with Crippen molar-refractivity contribution in [1.29, 1.82) is 0 Å². The number of amides is 5. The number of hydrogen-bond donors (Lipinski definition) is 3. The Morgan fingerprint density at radius 3 is 2.33 bits per heavy atom. The van der Waals surface area contributed by atoms with E-state index in [4.69, 9.17) is 25.0 Å². The van der Waals surface area contributed by atoms with Gasteiger partial charge in [-0.25, -0.2) is 14.6 Å². The van der Waals surface area contributed by atoms with E-state index in [1.165, 1.54) is 18.5 Å². The molecule has 1 aliphatic carbocycles. The molecule has 1 saturated carbocycles. The number of nitrogens with two attached hydrogens (primary N) is 1. The molecule has 1 unspecified atom stereocenters. The lowest BCUT2D eigenvalue weighted by atomic mass is 9.90. The van der Waals surface area contributed by atoms with Crippen molar-refractivity contribution in [2.75, 3.05) is 64.8 Å². The summed E-state index contributed by atoms with van der Waals surface area (Å²) in [5.74, 6) is -0.916. The number of nitrogen functional groups attached to an aromatic ring is 1. The fraction of sp³-hybridized carbons (Fsp3) is 0.391. The van der Waals surface area contributed by atoms with Gasteiger partial charge in [-0.15, -0.1) is 0 Å². The fourth-order valence-electron chi connectivity index (χ4n) is 9.13. The molecule has 2 aromatic heterocycles. The van der Waals surface area contributed by atoms with Crippen LogP contribution in [0.25, 0.3) is 22.3 Å². The smallest absolute Gasteiger partial charge is 0.266 e. The molecule has 1 atom stereocenters. The third-order valence-corrected chi connectivity index (χ3v) is 12.5. The van der Waals surface area contributed by atoms with Gasteiger partial charge in [-0.05, 0) is 80.6 Å². The first kappa shape index (κ1) is 42.5. The van der Waals surface area contributed by atoms with Gasteiger partial charge in [0, 0.05) is 57.3 Å². The Labute approximate surface area is 369 Å². The summed E-state index contributed by atoms with van der Waals surface area (Å²) in [7, 11) is 0. The largest absolute Gasteiger partial charge is 0.483 e. The molecule has 64 heavy (non-hydrogen) atoms. The van der Waals surface area contributed by atoms with Crippen molar-refractivity contribution in [2.24, 2.45) is 0 Å². The number of anilines is 1. The number of piperidine rings is 1. The Morgan fingerprint density at radius 1 is 0.812 bits per heavy atom. The third kappa shape index (κ3) is 9.02. The molecule has 3 aliphatic heterocycles. The topological polar surface area (TPSA) is 216 Å². The van der Waals surface area contributed by atoms with Crippen molar-refractivity contribution in [3.05, 3.63) is 90.3 Å². The quantitative estimate of drug-likeness (QED) is 0.101. The monoisotopic (exact) mass is 870 g/mol. The van der Waals surface area contributed by atoms with E-state index in [0.29, 0.717) is 25.1 Å². The summed E-state index contributed by atoms with van der Waals surface area (Å²) < 4.78 is 19.6. The van der Waals surface area contributed by atoms with Gasteiger partial charge in [-0.2, -0.15) is 5.10 Å². The molecule has 332 valence electrons. The molecule has 0 bridgehead atoms. The third-order valence-electron chi connectivity index (χ3n) is 12.5. The van der Waals surface area contributed by atoms with Gasteiger partial charge in [0.1, 0.15) is 41.1 Å². The summed E-state index contributed by atoms with van der Waals surface area (Å²) >= 11 is 0. The summed E-state index contributed by atoms with van der Waals surface area (Å²) in [6, 6.07) is 21.7. The Kier molecular flexibility index (Phi) is 12.6. The minimum Gasteiger partial charge on any atom is -0.483 e. The zero-order chi connectivity index (χ0) is 44.2. The number of ether oxygens (including phenoxy) is 3. The van der Waals surface area contributed by atoms with Crippen LogP contribution in [0, 0.1) is 0 Å². The second-order valence-electron chi connectivity index (χ2n) is 16.4. The normalized spacial score (nSPS) is 20.6. The Bertz CT molecular complexity index is 2540. The van der Waals surface area contributed by atoms with Crippen LogP contribution in [0.5, 0.6) is 17.2 Å². The number of rotatable bonds is 15. The maximum Gasteiger partial charge on any atom is 0.266 e.